The number of benzene rings is 2. The van der Waals surface area contributed by atoms with E-state index in [0.717, 1.165) is 16.7 Å². The molecule has 0 saturated carbocycles. The lowest BCUT2D eigenvalue weighted by molar-refractivity contribution is -0.384. The molecule has 2 aromatic carbocycles. The van der Waals surface area contributed by atoms with Crippen LogP contribution in [0.25, 0.3) is 11.3 Å². The Bertz CT molecular complexity index is 1050. The Kier molecular flexibility index (Phi) is 5.70. The summed E-state index contributed by atoms with van der Waals surface area (Å²) in [7, 11) is 0. The molecule has 0 radical (unpaired) electrons. The van der Waals surface area contributed by atoms with Crippen molar-refractivity contribution in [2.45, 2.75) is 20.8 Å². The molecular formula is C20H19N3O4S. The maximum atomic E-state index is 12.2. The average Bonchev–Trinajstić information content (AvgIpc) is 3.12. The van der Waals surface area contributed by atoms with Crippen LogP contribution >= 0.6 is 11.3 Å². The third kappa shape index (κ3) is 4.52. The van der Waals surface area contributed by atoms with Crippen LogP contribution in [0, 0.1) is 30.9 Å². The van der Waals surface area contributed by atoms with Crippen molar-refractivity contribution in [3.63, 3.8) is 0 Å². The fraction of sp³-hybridized carbons (Fsp3) is 0.200. The van der Waals surface area contributed by atoms with Crippen molar-refractivity contribution >= 4 is 28.1 Å². The second-order valence-corrected chi connectivity index (χ2v) is 7.25. The monoisotopic (exact) mass is 397 g/mol. The highest BCUT2D eigenvalue weighted by molar-refractivity contribution is 7.14. The van der Waals surface area contributed by atoms with Crippen molar-refractivity contribution in [2.24, 2.45) is 0 Å². The average molecular weight is 397 g/mol. The normalized spacial score (nSPS) is 10.5. The van der Waals surface area contributed by atoms with Gasteiger partial charge in [-0.15, -0.1) is 11.3 Å². The minimum Gasteiger partial charge on any atom is -0.483 e. The number of nitrogens with one attached hydrogen (secondary N) is 1. The molecule has 28 heavy (non-hydrogen) atoms. The first-order valence-corrected chi connectivity index (χ1v) is 9.42. The first-order chi connectivity index (χ1) is 13.3. The predicted molar refractivity (Wildman–Crippen MR) is 109 cm³/mol. The highest BCUT2D eigenvalue weighted by atomic mass is 32.1. The molecule has 0 saturated heterocycles. The fourth-order valence-electron chi connectivity index (χ4n) is 2.69. The van der Waals surface area contributed by atoms with E-state index < -0.39 is 4.92 Å². The van der Waals surface area contributed by atoms with Crippen molar-refractivity contribution < 1.29 is 14.5 Å². The summed E-state index contributed by atoms with van der Waals surface area (Å²) in [4.78, 5) is 27.0. The van der Waals surface area contributed by atoms with Gasteiger partial charge in [0.1, 0.15) is 5.75 Å². The number of non-ortho nitro benzene ring substituents is 1. The van der Waals surface area contributed by atoms with Gasteiger partial charge in [-0.25, -0.2) is 4.98 Å². The maximum absolute atomic E-state index is 12.2. The number of hydrogen-bond donors (Lipinski definition) is 1. The van der Waals surface area contributed by atoms with Crippen LogP contribution in [0.1, 0.15) is 16.7 Å². The van der Waals surface area contributed by atoms with Crippen LogP contribution in [0.2, 0.25) is 0 Å². The highest BCUT2D eigenvalue weighted by Gasteiger charge is 2.12. The molecule has 0 aliphatic heterocycles. The van der Waals surface area contributed by atoms with Gasteiger partial charge in [0.25, 0.3) is 11.6 Å². The number of thiazole rings is 1. The van der Waals surface area contributed by atoms with E-state index in [9.17, 15) is 14.9 Å². The molecule has 7 nitrogen and oxygen atoms in total. The second kappa shape index (κ2) is 8.18. The van der Waals surface area contributed by atoms with Crippen LogP contribution in [0.15, 0.2) is 41.8 Å². The van der Waals surface area contributed by atoms with Crippen LogP contribution in [-0.4, -0.2) is 22.4 Å². The number of nitro groups is 1. The summed E-state index contributed by atoms with van der Waals surface area (Å²) in [5.41, 5.74) is 4.36. The molecule has 0 atom stereocenters. The SMILES string of the molecule is Cc1cc(C)c(C)c(OCC(=O)Nc2nc(-c3cccc([N+](=O)[O-])c3)cs2)c1. The summed E-state index contributed by atoms with van der Waals surface area (Å²) < 4.78 is 5.66. The molecule has 0 aliphatic carbocycles. The first-order valence-electron chi connectivity index (χ1n) is 8.54. The zero-order chi connectivity index (χ0) is 20.3. The number of nitrogens with zero attached hydrogens (tertiary/aromatic N) is 2. The van der Waals surface area contributed by atoms with Crippen molar-refractivity contribution in [1.82, 2.24) is 4.98 Å². The lowest BCUT2D eigenvalue weighted by Gasteiger charge is -2.11. The number of hydrogen-bond acceptors (Lipinski definition) is 6. The Balaban J connectivity index is 1.65. The summed E-state index contributed by atoms with van der Waals surface area (Å²) in [5.74, 6) is 0.363. The van der Waals surface area contributed by atoms with E-state index in [4.69, 9.17) is 4.74 Å². The number of ether oxygens (including phenoxy) is 1. The molecule has 0 aliphatic rings. The Morgan fingerprint density at radius 3 is 2.79 bits per heavy atom. The Hall–Kier alpha value is -3.26. The smallest absolute Gasteiger partial charge is 0.270 e. The molecule has 0 unspecified atom stereocenters. The quantitative estimate of drug-likeness (QED) is 0.482. The summed E-state index contributed by atoms with van der Waals surface area (Å²) in [6.07, 6.45) is 0. The minimum atomic E-state index is -0.453. The second-order valence-electron chi connectivity index (χ2n) is 6.39. The molecule has 3 rings (SSSR count). The lowest BCUT2D eigenvalue weighted by Crippen LogP contribution is -2.20. The highest BCUT2D eigenvalue weighted by Crippen LogP contribution is 2.27. The third-order valence-corrected chi connectivity index (χ3v) is 4.98. The van der Waals surface area contributed by atoms with Gasteiger partial charge in [0, 0.05) is 23.1 Å². The van der Waals surface area contributed by atoms with Gasteiger partial charge >= 0.3 is 0 Å². The van der Waals surface area contributed by atoms with Gasteiger partial charge < -0.3 is 4.74 Å². The van der Waals surface area contributed by atoms with E-state index in [0.29, 0.717) is 22.1 Å². The summed E-state index contributed by atoms with van der Waals surface area (Å²) in [6, 6.07) is 10.2. The molecule has 1 N–H and O–H groups in total. The summed E-state index contributed by atoms with van der Waals surface area (Å²) in [6.45, 7) is 5.80. The number of nitro benzene ring substituents is 1. The molecule has 0 spiro atoms. The molecule has 144 valence electrons. The maximum Gasteiger partial charge on any atom is 0.270 e. The van der Waals surface area contributed by atoms with Crippen LogP contribution < -0.4 is 10.1 Å². The number of anilines is 1. The van der Waals surface area contributed by atoms with Crippen molar-refractivity contribution in [3.05, 3.63) is 68.6 Å². The van der Waals surface area contributed by atoms with E-state index in [1.807, 2.05) is 26.8 Å². The predicted octanol–water partition coefficient (Wildman–Crippen LogP) is 4.66. The summed E-state index contributed by atoms with van der Waals surface area (Å²) >= 11 is 1.25. The molecule has 1 aromatic heterocycles. The third-order valence-electron chi connectivity index (χ3n) is 4.23. The standard InChI is InChI=1S/C20H19N3O4S/c1-12-7-13(2)14(3)18(8-12)27-10-19(24)22-20-21-17(11-28-20)15-5-4-6-16(9-15)23(25)26/h4-9,11H,10H2,1-3H3,(H,21,22,24). The van der Waals surface area contributed by atoms with Gasteiger partial charge in [-0.1, -0.05) is 18.2 Å². The molecule has 0 fully saturated rings. The van der Waals surface area contributed by atoms with E-state index in [1.165, 1.54) is 23.5 Å². The summed E-state index contributed by atoms with van der Waals surface area (Å²) in [5, 5.41) is 15.8. The van der Waals surface area contributed by atoms with Gasteiger partial charge in [0.15, 0.2) is 11.7 Å². The van der Waals surface area contributed by atoms with Crippen LogP contribution in [-0.2, 0) is 4.79 Å². The minimum absolute atomic E-state index is 0.00620. The van der Waals surface area contributed by atoms with Crippen molar-refractivity contribution in [2.75, 3.05) is 11.9 Å². The van der Waals surface area contributed by atoms with Gasteiger partial charge in [-0.2, -0.15) is 0 Å². The fourth-order valence-corrected chi connectivity index (χ4v) is 3.43. The number of carbonyl (C=O) groups excluding carboxylic acids is 1. The number of rotatable bonds is 6. The number of aromatic nitrogens is 1. The number of carbonyl (C=O) groups is 1. The Labute approximate surface area is 166 Å². The van der Waals surface area contributed by atoms with Gasteiger partial charge in [0.05, 0.1) is 10.6 Å². The van der Waals surface area contributed by atoms with Crippen molar-refractivity contribution in [3.8, 4) is 17.0 Å². The molecule has 1 amide bonds. The Morgan fingerprint density at radius 1 is 1.25 bits per heavy atom. The number of aryl methyl sites for hydroxylation is 2. The van der Waals surface area contributed by atoms with Crippen LogP contribution in [0.4, 0.5) is 10.8 Å². The van der Waals surface area contributed by atoms with Gasteiger partial charge in [-0.05, 0) is 43.5 Å². The van der Waals surface area contributed by atoms with E-state index in [1.54, 1.807) is 17.5 Å². The molecular weight excluding hydrogens is 378 g/mol. The topological polar surface area (TPSA) is 94.4 Å². The van der Waals surface area contributed by atoms with E-state index in [2.05, 4.69) is 16.4 Å². The number of amides is 1. The largest absolute Gasteiger partial charge is 0.483 e. The molecule has 3 aromatic rings. The van der Waals surface area contributed by atoms with Crippen LogP contribution in [0.5, 0.6) is 5.75 Å². The first kappa shape index (κ1) is 19.5. The van der Waals surface area contributed by atoms with E-state index in [-0.39, 0.29) is 18.2 Å². The van der Waals surface area contributed by atoms with Gasteiger partial charge in [-0.3, -0.25) is 20.2 Å². The van der Waals surface area contributed by atoms with Crippen molar-refractivity contribution in [1.29, 1.82) is 0 Å². The van der Waals surface area contributed by atoms with Crippen LogP contribution in [0.3, 0.4) is 0 Å². The zero-order valence-corrected chi connectivity index (χ0v) is 16.5. The lowest BCUT2D eigenvalue weighted by atomic mass is 10.1. The Morgan fingerprint density at radius 2 is 2.04 bits per heavy atom. The van der Waals surface area contributed by atoms with E-state index >= 15 is 0 Å². The van der Waals surface area contributed by atoms with Gasteiger partial charge in [0.2, 0.25) is 0 Å². The zero-order valence-electron chi connectivity index (χ0n) is 15.7. The molecule has 8 heteroatoms. The molecule has 0 bridgehead atoms. The molecule has 1 heterocycles.